The zero-order valence-corrected chi connectivity index (χ0v) is 24.9. The van der Waals surface area contributed by atoms with Crippen LogP contribution in [-0.2, 0) is 14.2 Å². The topological polar surface area (TPSA) is 159 Å². The maximum atomic E-state index is 13.9. The van der Waals surface area contributed by atoms with Gasteiger partial charge < -0.3 is 44.8 Å². The lowest BCUT2D eigenvalue weighted by Crippen LogP contribution is -2.25. The third-order valence-electron chi connectivity index (χ3n) is 6.31. The Labute approximate surface area is 260 Å². The van der Waals surface area contributed by atoms with Gasteiger partial charge >= 0.3 is 6.03 Å². The van der Waals surface area contributed by atoms with Crippen molar-refractivity contribution in [3.8, 4) is 22.9 Å². The molecule has 0 aliphatic carbocycles. The number of amides is 2. The summed E-state index contributed by atoms with van der Waals surface area (Å²) < 4.78 is 35.9. The third kappa shape index (κ3) is 11.2. The van der Waals surface area contributed by atoms with Gasteiger partial charge in [-0.25, -0.2) is 9.18 Å². The number of halogens is 1. The number of hydrogen-bond donors (Lipinski definition) is 6. The molecule has 0 aliphatic heterocycles. The van der Waals surface area contributed by atoms with Crippen molar-refractivity contribution in [2.24, 2.45) is 0 Å². The molecule has 13 heteroatoms. The number of benzene rings is 2. The molecule has 2 amide bonds. The van der Waals surface area contributed by atoms with Crippen LogP contribution < -0.4 is 20.7 Å². The predicted octanol–water partition coefficient (Wildman–Crippen LogP) is 4.58. The van der Waals surface area contributed by atoms with Gasteiger partial charge in [0.1, 0.15) is 23.5 Å². The highest BCUT2D eigenvalue weighted by molar-refractivity contribution is 5.99. The first-order chi connectivity index (χ1) is 21.9. The van der Waals surface area contributed by atoms with Crippen molar-refractivity contribution in [3.63, 3.8) is 0 Å². The van der Waals surface area contributed by atoms with E-state index in [-0.39, 0.29) is 12.3 Å². The Hall–Kier alpha value is -4.37. The molecule has 6 N–H and O–H groups in total. The van der Waals surface area contributed by atoms with Crippen molar-refractivity contribution in [3.05, 3.63) is 90.0 Å². The number of nitrogens with one attached hydrogen (secondary N) is 4. The molecule has 0 radical (unpaired) electrons. The molecular formula is C32H38FN5O7. The van der Waals surface area contributed by atoms with Gasteiger partial charge in [0.15, 0.2) is 0 Å². The Morgan fingerprint density at radius 2 is 1.64 bits per heavy atom. The second kappa shape index (κ2) is 17.8. The lowest BCUT2D eigenvalue weighted by Gasteiger charge is -2.11. The molecular weight excluding hydrogens is 585 g/mol. The van der Waals surface area contributed by atoms with Gasteiger partial charge in [0.25, 0.3) is 0 Å². The molecule has 240 valence electrons. The number of hydrogen-bond acceptors (Lipinski definition) is 9. The number of aromatic nitrogens is 2. The van der Waals surface area contributed by atoms with E-state index in [0.29, 0.717) is 80.3 Å². The molecule has 2 aromatic heterocycles. The zero-order valence-electron chi connectivity index (χ0n) is 24.9. The van der Waals surface area contributed by atoms with Crippen molar-refractivity contribution >= 4 is 17.4 Å². The van der Waals surface area contributed by atoms with E-state index in [2.05, 4.69) is 25.9 Å². The van der Waals surface area contributed by atoms with Gasteiger partial charge in [0.05, 0.1) is 63.3 Å². The van der Waals surface area contributed by atoms with Crippen LogP contribution in [0.25, 0.3) is 11.4 Å². The third-order valence-corrected chi connectivity index (χ3v) is 6.31. The number of ether oxygens (including phenoxy) is 4. The Morgan fingerprint density at radius 3 is 2.40 bits per heavy atom. The van der Waals surface area contributed by atoms with E-state index in [0.717, 1.165) is 5.56 Å². The van der Waals surface area contributed by atoms with Gasteiger partial charge in [-0.2, -0.15) is 0 Å². The van der Waals surface area contributed by atoms with E-state index in [4.69, 9.17) is 24.1 Å². The van der Waals surface area contributed by atoms with Crippen LogP contribution in [0.1, 0.15) is 17.4 Å². The molecule has 45 heavy (non-hydrogen) atoms. The first-order valence-corrected chi connectivity index (χ1v) is 14.4. The summed E-state index contributed by atoms with van der Waals surface area (Å²) in [5.74, 6) is 0.565. The summed E-state index contributed by atoms with van der Waals surface area (Å²) in [6, 6.07) is 15.9. The van der Waals surface area contributed by atoms with Crippen LogP contribution in [0.2, 0.25) is 0 Å². The lowest BCUT2D eigenvalue weighted by molar-refractivity contribution is 0.00658. The Kier molecular flexibility index (Phi) is 13.3. The van der Waals surface area contributed by atoms with Gasteiger partial charge in [-0.15, -0.1) is 0 Å². The highest BCUT2D eigenvalue weighted by Gasteiger charge is 2.12. The maximum absolute atomic E-state index is 13.9. The van der Waals surface area contributed by atoms with Crippen LogP contribution in [0.5, 0.6) is 11.5 Å². The molecule has 4 rings (SSSR count). The van der Waals surface area contributed by atoms with Gasteiger partial charge in [-0.3, -0.25) is 10.3 Å². The smallest absolute Gasteiger partial charge is 0.323 e. The van der Waals surface area contributed by atoms with Crippen molar-refractivity contribution in [1.29, 1.82) is 0 Å². The average molecular weight is 624 g/mol. The highest BCUT2D eigenvalue weighted by atomic mass is 19.1. The fourth-order valence-corrected chi connectivity index (χ4v) is 4.09. The normalized spacial score (nSPS) is 11.7. The number of H-pyrrole nitrogens is 1. The molecule has 0 saturated heterocycles. The van der Waals surface area contributed by atoms with Crippen molar-refractivity contribution < 1.29 is 38.3 Å². The van der Waals surface area contributed by atoms with Crippen LogP contribution in [0.3, 0.4) is 0 Å². The summed E-state index contributed by atoms with van der Waals surface area (Å²) in [6.07, 6.45) is 2.42. The van der Waals surface area contributed by atoms with Gasteiger partial charge in [0.2, 0.25) is 0 Å². The first kappa shape index (κ1) is 33.5. The van der Waals surface area contributed by atoms with Crippen LogP contribution in [0, 0.1) is 12.7 Å². The van der Waals surface area contributed by atoms with Gasteiger partial charge in [-0.1, -0.05) is 6.07 Å². The summed E-state index contributed by atoms with van der Waals surface area (Å²) >= 11 is 0. The maximum Gasteiger partial charge on any atom is 0.323 e. The number of carbonyl (C=O) groups is 1. The first-order valence-electron chi connectivity index (χ1n) is 14.4. The fraction of sp³-hybridized carbons (Fsp3) is 0.312. The van der Waals surface area contributed by atoms with Gasteiger partial charge in [0, 0.05) is 36.3 Å². The number of anilines is 2. The Bertz CT molecular complexity index is 1490. The molecule has 0 bridgehead atoms. The molecule has 1 atom stereocenters. The minimum atomic E-state index is -0.900. The lowest BCUT2D eigenvalue weighted by atomic mass is 10.2. The minimum absolute atomic E-state index is 0.00648. The minimum Gasteiger partial charge on any atom is -0.457 e. The highest BCUT2D eigenvalue weighted by Crippen LogP contribution is 2.27. The van der Waals surface area contributed by atoms with E-state index in [1.165, 1.54) is 6.07 Å². The molecule has 0 fully saturated rings. The van der Waals surface area contributed by atoms with Gasteiger partial charge in [-0.05, 0) is 61.0 Å². The number of aryl methyl sites for hydroxylation is 1. The number of urea groups is 1. The summed E-state index contributed by atoms with van der Waals surface area (Å²) in [5.41, 5.74) is 3.39. The summed E-state index contributed by atoms with van der Waals surface area (Å²) in [7, 11) is 0. The predicted molar refractivity (Wildman–Crippen MR) is 167 cm³/mol. The number of aliphatic hydroxyl groups is 2. The molecule has 4 aromatic rings. The van der Waals surface area contributed by atoms with Crippen LogP contribution in [-0.4, -0.2) is 79.0 Å². The van der Waals surface area contributed by atoms with E-state index < -0.39 is 18.1 Å². The number of aliphatic hydroxyl groups excluding tert-OH is 2. The second-order valence-electron chi connectivity index (χ2n) is 9.83. The van der Waals surface area contributed by atoms with E-state index >= 15 is 0 Å². The number of nitrogens with zero attached hydrogens (tertiary/aromatic N) is 1. The fourth-order valence-electron chi connectivity index (χ4n) is 4.09. The second-order valence-corrected chi connectivity index (χ2v) is 9.83. The number of aromatic amines is 1. The quantitative estimate of drug-likeness (QED) is 0.0689. The molecule has 2 heterocycles. The summed E-state index contributed by atoms with van der Waals surface area (Å²) in [4.78, 5) is 19.8. The molecule has 2 aromatic carbocycles. The number of pyridine rings is 1. The monoisotopic (exact) mass is 623 g/mol. The van der Waals surface area contributed by atoms with Crippen LogP contribution in [0.4, 0.5) is 20.6 Å². The largest absolute Gasteiger partial charge is 0.457 e. The van der Waals surface area contributed by atoms with Crippen LogP contribution >= 0.6 is 0 Å². The number of rotatable bonds is 18. The van der Waals surface area contributed by atoms with E-state index in [9.17, 15) is 14.3 Å². The Balaban J connectivity index is 1.20. The van der Waals surface area contributed by atoms with Crippen molar-refractivity contribution in [2.75, 3.05) is 63.4 Å². The van der Waals surface area contributed by atoms with Crippen molar-refractivity contribution in [1.82, 2.24) is 15.3 Å². The SMILES string of the molecule is Cc1ccc(F)c(NC(=O)Nc2ccc(Oc3ccnc(-c4cc(C(O)NCCOCCOCCOCCO)c[nH]4)c3)cc2)c1. The average Bonchev–Trinajstić information content (AvgIpc) is 3.53. The molecule has 1 unspecified atom stereocenters. The molecule has 0 saturated carbocycles. The van der Waals surface area contributed by atoms with E-state index in [1.54, 1.807) is 67.0 Å². The summed E-state index contributed by atoms with van der Waals surface area (Å²) in [5, 5.41) is 27.3. The summed E-state index contributed by atoms with van der Waals surface area (Å²) in [6.45, 7) is 4.66. The molecule has 0 spiro atoms. The molecule has 12 nitrogen and oxygen atoms in total. The van der Waals surface area contributed by atoms with Crippen LogP contribution in [0.15, 0.2) is 73.1 Å². The standard InChI is InChI=1S/C32H38FN5O7/c1-22-2-7-27(33)28(18-22)38-32(41)37-24-3-5-25(6-4-24)45-26-8-9-34-30(20-26)29-19-23(21-36-29)31(40)35-10-12-42-14-16-44-17-15-43-13-11-39/h2-9,18-21,31,35-36,39-40H,10-17H2,1H3,(H2,37,38,41). The van der Waals surface area contributed by atoms with E-state index in [1.807, 2.05) is 6.92 Å². The molecule has 0 aliphatic rings. The van der Waals surface area contributed by atoms with Crippen molar-refractivity contribution in [2.45, 2.75) is 13.2 Å². The number of carbonyl (C=O) groups excluding carboxylic acids is 1. The zero-order chi connectivity index (χ0) is 31.9. The Morgan fingerprint density at radius 1 is 0.911 bits per heavy atom.